The number of rotatable bonds is 2. The molecule has 1 aliphatic rings. The second kappa shape index (κ2) is 6.20. The number of nitrogens with zero attached hydrogens (tertiary/aromatic N) is 1. The highest BCUT2D eigenvalue weighted by Crippen LogP contribution is 2.33. The number of ether oxygens (including phenoxy) is 1. The number of thiazole rings is 1. The molecule has 1 amide bonds. The van der Waals surface area contributed by atoms with Crippen molar-refractivity contribution in [1.82, 2.24) is 4.98 Å². The van der Waals surface area contributed by atoms with Crippen LogP contribution >= 0.6 is 11.3 Å². The van der Waals surface area contributed by atoms with Gasteiger partial charge in [-0.15, -0.1) is 0 Å². The summed E-state index contributed by atoms with van der Waals surface area (Å²) >= 11 is 1.49. The molecule has 0 fully saturated rings. The van der Waals surface area contributed by atoms with E-state index in [1.54, 1.807) is 0 Å². The van der Waals surface area contributed by atoms with Crippen LogP contribution in [0.5, 0.6) is 0 Å². The zero-order valence-electron chi connectivity index (χ0n) is 13.9. The van der Waals surface area contributed by atoms with Crippen LogP contribution in [0.3, 0.4) is 0 Å². The van der Waals surface area contributed by atoms with Crippen LogP contribution in [0.25, 0.3) is 21.0 Å². The molecule has 0 aliphatic carbocycles. The normalized spacial score (nSPS) is 16.5. The molecule has 0 saturated carbocycles. The molecule has 5 rings (SSSR count). The summed E-state index contributed by atoms with van der Waals surface area (Å²) in [6, 6.07) is 20.2. The van der Waals surface area contributed by atoms with Gasteiger partial charge in [0.1, 0.15) is 0 Å². The van der Waals surface area contributed by atoms with Crippen molar-refractivity contribution >= 4 is 43.4 Å². The molecule has 0 bridgehead atoms. The lowest BCUT2D eigenvalue weighted by Crippen LogP contribution is -2.28. The van der Waals surface area contributed by atoms with Crippen molar-refractivity contribution in [3.63, 3.8) is 0 Å². The average molecular weight is 360 g/mol. The first-order valence-electron chi connectivity index (χ1n) is 8.58. The SMILES string of the molecule is O=C(Nc1nc2c(ccc3ccccc32)s1)[C@@H]1OCCc2ccccc21. The van der Waals surface area contributed by atoms with E-state index >= 15 is 0 Å². The molecule has 4 nitrogen and oxygen atoms in total. The fourth-order valence-corrected chi connectivity index (χ4v) is 4.38. The standard InChI is InChI=1S/C21H16N2O2S/c24-20(19-16-8-4-2-6-14(16)11-12-25-19)23-21-22-18-15-7-3-1-5-13(15)9-10-17(18)26-21/h1-10,19H,11-12H2,(H,22,23,24)/t19-/m1/s1. The number of nitrogens with one attached hydrogen (secondary N) is 1. The van der Waals surface area contributed by atoms with E-state index in [4.69, 9.17) is 4.74 Å². The lowest BCUT2D eigenvalue weighted by atomic mass is 9.97. The summed E-state index contributed by atoms with van der Waals surface area (Å²) in [6.07, 6.45) is 0.260. The van der Waals surface area contributed by atoms with Crippen molar-refractivity contribution in [3.05, 3.63) is 71.8 Å². The fourth-order valence-electron chi connectivity index (χ4n) is 3.50. The Labute approximate surface area is 154 Å². The van der Waals surface area contributed by atoms with Crippen LogP contribution in [0, 0.1) is 0 Å². The van der Waals surface area contributed by atoms with E-state index in [1.807, 2.05) is 30.3 Å². The second-order valence-corrected chi connectivity index (χ2v) is 7.37. The average Bonchev–Trinajstić information content (AvgIpc) is 3.10. The third kappa shape index (κ3) is 2.57. The smallest absolute Gasteiger partial charge is 0.259 e. The molecule has 5 heteroatoms. The van der Waals surface area contributed by atoms with Gasteiger partial charge in [0, 0.05) is 5.39 Å². The summed E-state index contributed by atoms with van der Waals surface area (Å²) in [5.74, 6) is -0.166. The predicted molar refractivity (Wildman–Crippen MR) is 105 cm³/mol. The van der Waals surface area contributed by atoms with Gasteiger partial charge in [-0.25, -0.2) is 4.98 Å². The molecule has 128 valence electrons. The second-order valence-electron chi connectivity index (χ2n) is 6.34. The van der Waals surface area contributed by atoms with Crippen LogP contribution in [0.15, 0.2) is 60.7 Å². The van der Waals surface area contributed by atoms with Crippen LogP contribution in [0.2, 0.25) is 0 Å². The molecule has 26 heavy (non-hydrogen) atoms. The van der Waals surface area contributed by atoms with E-state index in [0.717, 1.165) is 33.0 Å². The van der Waals surface area contributed by atoms with Crippen molar-refractivity contribution < 1.29 is 9.53 Å². The molecule has 1 N–H and O–H groups in total. The van der Waals surface area contributed by atoms with Crippen LogP contribution in [0.4, 0.5) is 5.13 Å². The van der Waals surface area contributed by atoms with E-state index in [1.165, 1.54) is 16.9 Å². The third-order valence-electron chi connectivity index (χ3n) is 4.75. The van der Waals surface area contributed by atoms with Gasteiger partial charge in [0.25, 0.3) is 5.91 Å². The third-order valence-corrected chi connectivity index (χ3v) is 5.68. The van der Waals surface area contributed by atoms with Crippen molar-refractivity contribution in [1.29, 1.82) is 0 Å². The Hall–Kier alpha value is -2.76. The molecule has 2 heterocycles. The van der Waals surface area contributed by atoms with Crippen LogP contribution in [-0.4, -0.2) is 17.5 Å². The molecular formula is C21H16N2O2S. The van der Waals surface area contributed by atoms with Gasteiger partial charge < -0.3 is 4.74 Å². The molecule has 4 aromatic rings. The minimum atomic E-state index is -0.580. The zero-order valence-corrected chi connectivity index (χ0v) is 14.8. The Morgan fingerprint density at radius 1 is 1.08 bits per heavy atom. The number of fused-ring (bicyclic) bond motifs is 4. The lowest BCUT2D eigenvalue weighted by Gasteiger charge is -2.24. The maximum Gasteiger partial charge on any atom is 0.259 e. The molecule has 1 aromatic heterocycles. The molecule has 0 unspecified atom stereocenters. The van der Waals surface area contributed by atoms with E-state index in [9.17, 15) is 4.79 Å². The summed E-state index contributed by atoms with van der Waals surface area (Å²) in [6.45, 7) is 0.555. The van der Waals surface area contributed by atoms with Gasteiger partial charge >= 0.3 is 0 Å². The molecule has 0 spiro atoms. The Morgan fingerprint density at radius 2 is 1.92 bits per heavy atom. The highest BCUT2D eigenvalue weighted by Gasteiger charge is 2.27. The molecular weight excluding hydrogens is 344 g/mol. The molecule has 3 aromatic carbocycles. The quantitative estimate of drug-likeness (QED) is 0.564. The first-order chi connectivity index (χ1) is 12.8. The van der Waals surface area contributed by atoms with Crippen LogP contribution < -0.4 is 5.32 Å². The van der Waals surface area contributed by atoms with E-state index in [0.29, 0.717) is 11.7 Å². The van der Waals surface area contributed by atoms with E-state index in [-0.39, 0.29) is 5.91 Å². The number of hydrogen-bond acceptors (Lipinski definition) is 4. The highest BCUT2D eigenvalue weighted by molar-refractivity contribution is 7.22. The maximum absolute atomic E-state index is 12.8. The Kier molecular flexibility index (Phi) is 3.69. The summed E-state index contributed by atoms with van der Waals surface area (Å²) in [4.78, 5) is 17.5. The monoisotopic (exact) mass is 360 g/mol. The minimum Gasteiger partial charge on any atom is -0.363 e. The largest absolute Gasteiger partial charge is 0.363 e. The zero-order chi connectivity index (χ0) is 17.5. The molecule has 1 aliphatic heterocycles. The molecule has 0 saturated heterocycles. The van der Waals surface area contributed by atoms with Gasteiger partial charge in [0.2, 0.25) is 0 Å². The van der Waals surface area contributed by atoms with Crippen LogP contribution in [0.1, 0.15) is 17.2 Å². The number of anilines is 1. The number of carbonyl (C=O) groups is 1. The number of amides is 1. The van der Waals surface area contributed by atoms with Gasteiger partial charge in [0.15, 0.2) is 11.2 Å². The van der Waals surface area contributed by atoms with Gasteiger partial charge in [-0.1, -0.05) is 65.9 Å². The predicted octanol–water partition coefficient (Wildman–Crippen LogP) is 4.70. The topological polar surface area (TPSA) is 51.2 Å². The number of benzene rings is 3. The van der Waals surface area contributed by atoms with Crippen molar-refractivity contribution in [2.45, 2.75) is 12.5 Å². The summed E-state index contributed by atoms with van der Waals surface area (Å²) in [5.41, 5.74) is 3.05. The van der Waals surface area contributed by atoms with Gasteiger partial charge in [-0.05, 0) is 29.0 Å². The number of aromatic nitrogens is 1. The van der Waals surface area contributed by atoms with Gasteiger partial charge in [-0.2, -0.15) is 0 Å². The van der Waals surface area contributed by atoms with E-state index < -0.39 is 6.10 Å². The number of carbonyl (C=O) groups excluding carboxylic acids is 1. The van der Waals surface area contributed by atoms with Crippen molar-refractivity contribution in [3.8, 4) is 0 Å². The highest BCUT2D eigenvalue weighted by atomic mass is 32.1. The van der Waals surface area contributed by atoms with Crippen molar-refractivity contribution in [2.24, 2.45) is 0 Å². The minimum absolute atomic E-state index is 0.166. The Bertz CT molecular complexity index is 1140. The first-order valence-corrected chi connectivity index (χ1v) is 9.40. The first kappa shape index (κ1) is 15.5. The van der Waals surface area contributed by atoms with E-state index in [2.05, 4.69) is 40.6 Å². The Balaban J connectivity index is 1.48. The Morgan fingerprint density at radius 3 is 2.88 bits per heavy atom. The molecule has 1 atom stereocenters. The maximum atomic E-state index is 12.8. The summed E-state index contributed by atoms with van der Waals surface area (Å²) in [5, 5.41) is 5.80. The lowest BCUT2D eigenvalue weighted by molar-refractivity contribution is -0.128. The fraction of sp³-hybridized carbons (Fsp3) is 0.143. The summed E-state index contributed by atoms with van der Waals surface area (Å²) in [7, 11) is 0. The van der Waals surface area contributed by atoms with Gasteiger partial charge in [-0.3, -0.25) is 10.1 Å². The number of hydrogen-bond donors (Lipinski definition) is 1. The summed E-state index contributed by atoms with van der Waals surface area (Å²) < 4.78 is 6.81. The molecule has 0 radical (unpaired) electrons. The van der Waals surface area contributed by atoms with Crippen molar-refractivity contribution in [2.75, 3.05) is 11.9 Å². The van der Waals surface area contributed by atoms with Gasteiger partial charge in [0.05, 0.1) is 16.8 Å². The van der Waals surface area contributed by atoms with Crippen LogP contribution in [-0.2, 0) is 16.0 Å².